The van der Waals surface area contributed by atoms with Crippen LogP contribution in [0, 0.1) is 5.92 Å². The number of aromatic nitrogens is 1. The van der Waals surface area contributed by atoms with Crippen molar-refractivity contribution < 1.29 is 13.9 Å². The first-order valence-corrected chi connectivity index (χ1v) is 10.3. The van der Waals surface area contributed by atoms with E-state index in [0.717, 1.165) is 12.3 Å². The molecule has 1 unspecified atom stereocenters. The first-order valence-electron chi connectivity index (χ1n) is 10.3. The van der Waals surface area contributed by atoms with Gasteiger partial charge >= 0.3 is 6.09 Å². The van der Waals surface area contributed by atoms with Crippen molar-refractivity contribution in [1.82, 2.24) is 20.9 Å². The third kappa shape index (κ3) is 11.0. The molecule has 174 valence electrons. The second-order valence-electron chi connectivity index (χ2n) is 9.44. The third-order valence-corrected chi connectivity index (χ3v) is 4.01. The number of nitrogens with one attached hydrogen (secondary N) is 3. The lowest BCUT2D eigenvalue weighted by Gasteiger charge is -2.26. The zero-order valence-electron chi connectivity index (χ0n) is 19.9. The fraction of sp³-hybridized carbons (Fsp3) is 0.762. The molecule has 1 atom stereocenters. The van der Waals surface area contributed by atoms with E-state index in [2.05, 4.69) is 60.5 Å². The Morgan fingerprint density at radius 3 is 2.30 bits per heavy atom. The molecular weight excluding hydrogens is 497 g/mol. The van der Waals surface area contributed by atoms with Crippen molar-refractivity contribution in [1.29, 1.82) is 0 Å². The smallest absolute Gasteiger partial charge is 0.407 e. The molecule has 0 saturated heterocycles. The maximum atomic E-state index is 12.1. The van der Waals surface area contributed by atoms with E-state index in [1.54, 1.807) is 6.20 Å². The second-order valence-corrected chi connectivity index (χ2v) is 9.44. The average molecular weight is 537 g/mol. The number of carbonyl (C=O) groups excluding carboxylic acids is 1. The number of guanidine groups is 1. The molecule has 1 amide bonds. The van der Waals surface area contributed by atoms with Crippen molar-refractivity contribution >= 4 is 36.0 Å². The predicted molar refractivity (Wildman–Crippen MR) is 131 cm³/mol. The van der Waals surface area contributed by atoms with Gasteiger partial charge in [-0.1, -0.05) is 34.6 Å². The van der Waals surface area contributed by atoms with Crippen molar-refractivity contribution in [2.45, 2.75) is 85.9 Å². The van der Waals surface area contributed by atoms with Gasteiger partial charge in [-0.05, 0) is 33.6 Å². The lowest BCUT2D eigenvalue weighted by atomic mass is 9.94. The predicted octanol–water partition coefficient (Wildman–Crippen LogP) is 4.19. The molecule has 8 nitrogen and oxygen atoms in total. The summed E-state index contributed by atoms with van der Waals surface area (Å²) in [6, 6.07) is -0.108. The minimum absolute atomic E-state index is 0. The average Bonchev–Trinajstić information content (AvgIpc) is 3.03. The van der Waals surface area contributed by atoms with Gasteiger partial charge in [0.1, 0.15) is 17.9 Å². The standard InChI is InChI=1S/C21H39N5O3.HI/c1-10-22-18(25-13-17-23-12-16(28-17)20(4,5)6)24-11-15(14(2)3)26-19(27)29-21(7,8)9;/h12,14-15H,10-11,13H2,1-9H3,(H,26,27)(H2,22,24,25);1H. The highest BCUT2D eigenvalue weighted by Gasteiger charge is 2.22. The Bertz CT molecular complexity index is 675. The van der Waals surface area contributed by atoms with Gasteiger partial charge in [-0.2, -0.15) is 0 Å². The van der Waals surface area contributed by atoms with Crippen LogP contribution in [0.3, 0.4) is 0 Å². The summed E-state index contributed by atoms with van der Waals surface area (Å²) in [7, 11) is 0. The maximum Gasteiger partial charge on any atom is 0.407 e. The van der Waals surface area contributed by atoms with Gasteiger partial charge in [0.15, 0.2) is 5.96 Å². The van der Waals surface area contributed by atoms with Crippen molar-refractivity contribution in [2.24, 2.45) is 10.9 Å². The molecule has 0 saturated carbocycles. The van der Waals surface area contributed by atoms with Crippen LogP contribution in [0.4, 0.5) is 4.79 Å². The summed E-state index contributed by atoms with van der Waals surface area (Å²) in [5.74, 6) is 2.26. The summed E-state index contributed by atoms with van der Waals surface area (Å²) in [6.45, 7) is 19.4. The van der Waals surface area contributed by atoms with Crippen molar-refractivity contribution in [3.05, 3.63) is 17.8 Å². The molecule has 0 spiro atoms. The molecule has 0 aliphatic heterocycles. The topological polar surface area (TPSA) is 101 Å². The summed E-state index contributed by atoms with van der Waals surface area (Å²) < 4.78 is 11.2. The van der Waals surface area contributed by atoms with Crippen molar-refractivity contribution in [2.75, 3.05) is 13.1 Å². The number of hydrogen-bond donors (Lipinski definition) is 3. The summed E-state index contributed by atoms with van der Waals surface area (Å²) in [6.07, 6.45) is 1.33. The van der Waals surface area contributed by atoms with Crippen LogP contribution in [0.5, 0.6) is 0 Å². The van der Waals surface area contributed by atoms with E-state index in [4.69, 9.17) is 9.15 Å². The molecule has 30 heavy (non-hydrogen) atoms. The van der Waals surface area contributed by atoms with Crippen LogP contribution in [-0.4, -0.2) is 41.8 Å². The molecule has 1 aromatic rings. The van der Waals surface area contributed by atoms with E-state index in [1.807, 2.05) is 27.7 Å². The summed E-state index contributed by atoms with van der Waals surface area (Å²) in [4.78, 5) is 21.0. The van der Waals surface area contributed by atoms with Crippen LogP contribution in [0.1, 0.15) is 74.0 Å². The molecule has 1 aromatic heterocycles. The largest absolute Gasteiger partial charge is 0.444 e. The molecule has 0 fully saturated rings. The number of nitrogens with zero attached hydrogens (tertiary/aromatic N) is 2. The molecule has 0 aliphatic carbocycles. The van der Waals surface area contributed by atoms with Gasteiger partial charge in [-0.3, -0.25) is 0 Å². The van der Waals surface area contributed by atoms with Crippen LogP contribution in [0.15, 0.2) is 15.6 Å². The fourth-order valence-corrected chi connectivity index (χ4v) is 2.34. The Morgan fingerprint density at radius 1 is 1.20 bits per heavy atom. The molecule has 0 radical (unpaired) electrons. The second kappa shape index (κ2) is 12.4. The molecule has 1 heterocycles. The summed E-state index contributed by atoms with van der Waals surface area (Å²) in [5, 5.41) is 9.40. The summed E-state index contributed by atoms with van der Waals surface area (Å²) >= 11 is 0. The van der Waals surface area contributed by atoms with Crippen LogP contribution < -0.4 is 16.0 Å². The lowest BCUT2D eigenvalue weighted by Crippen LogP contribution is -2.50. The maximum absolute atomic E-state index is 12.1. The Labute approximate surface area is 198 Å². The molecule has 1 rings (SSSR count). The van der Waals surface area contributed by atoms with E-state index in [9.17, 15) is 4.79 Å². The first kappa shape index (κ1) is 28.5. The van der Waals surface area contributed by atoms with Gasteiger partial charge in [0.25, 0.3) is 0 Å². The number of alkyl carbamates (subject to hydrolysis) is 1. The van der Waals surface area contributed by atoms with Crippen LogP contribution >= 0.6 is 24.0 Å². The van der Waals surface area contributed by atoms with Gasteiger partial charge in [-0.15, -0.1) is 24.0 Å². The van der Waals surface area contributed by atoms with Gasteiger partial charge < -0.3 is 25.1 Å². The number of halogens is 1. The Balaban J connectivity index is 0.00000841. The Kier molecular flexibility index (Phi) is 11.7. The molecular formula is C21H40IN5O3. The first-order chi connectivity index (χ1) is 13.3. The van der Waals surface area contributed by atoms with E-state index in [0.29, 0.717) is 24.9 Å². The molecule has 0 aliphatic rings. The van der Waals surface area contributed by atoms with E-state index >= 15 is 0 Å². The number of amides is 1. The number of aliphatic imine (C=N–C) groups is 1. The number of carbonyl (C=O) groups is 1. The minimum atomic E-state index is -0.530. The minimum Gasteiger partial charge on any atom is -0.444 e. The number of rotatable bonds is 7. The van der Waals surface area contributed by atoms with Gasteiger partial charge in [-0.25, -0.2) is 14.8 Å². The molecule has 9 heteroatoms. The van der Waals surface area contributed by atoms with Crippen LogP contribution in [0.25, 0.3) is 0 Å². The van der Waals surface area contributed by atoms with Crippen molar-refractivity contribution in [3.63, 3.8) is 0 Å². The highest BCUT2D eigenvalue weighted by atomic mass is 127. The van der Waals surface area contributed by atoms with Gasteiger partial charge in [0.05, 0.1) is 12.2 Å². The van der Waals surface area contributed by atoms with Crippen LogP contribution in [-0.2, 0) is 16.7 Å². The molecule has 3 N–H and O–H groups in total. The number of ether oxygens (including phenoxy) is 1. The highest BCUT2D eigenvalue weighted by molar-refractivity contribution is 14.0. The van der Waals surface area contributed by atoms with Gasteiger partial charge in [0.2, 0.25) is 5.89 Å². The van der Waals surface area contributed by atoms with Crippen molar-refractivity contribution in [3.8, 4) is 0 Å². The highest BCUT2D eigenvalue weighted by Crippen LogP contribution is 2.22. The normalized spacial score (nSPS) is 13.5. The fourth-order valence-electron chi connectivity index (χ4n) is 2.34. The quantitative estimate of drug-likeness (QED) is 0.274. The lowest BCUT2D eigenvalue weighted by molar-refractivity contribution is 0.0491. The Hall–Kier alpha value is -1.52. The van der Waals surface area contributed by atoms with Crippen LogP contribution in [0.2, 0.25) is 0 Å². The monoisotopic (exact) mass is 537 g/mol. The SMILES string of the molecule is CCNC(=NCc1ncc(C(C)(C)C)o1)NCC(NC(=O)OC(C)(C)C)C(C)C.I. The molecule has 0 bridgehead atoms. The van der Waals surface area contributed by atoms with Gasteiger partial charge in [0, 0.05) is 18.5 Å². The summed E-state index contributed by atoms with van der Waals surface area (Å²) in [5.41, 5.74) is -0.618. The van der Waals surface area contributed by atoms with E-state index in [-0.39, 0.29) is 41.4 Å². The third-order valence-electron chi connectivity index (χ3n) is 4.01. The zero-order chi connectivity index (χ0) is 22.2. The zero-order valence-corrected chi connectivity index (χ0v) is 22.2. The van der Waals surface area contributed by atoms with E-state index in [1.165, 1.54) is 0 Å². The Morgan fingerprint density at radius 2 is 1.83 bits per heavy atom. The molecule has 0 aromatic carbocycles. The number of oxazole rings is 1. The van der Waals surface area contributed by atoms with E-state index < -0.39 is 11.7 Å². The number of hydrogen-bond acceptors (Lipinski definition) is 5.